The van der Waals surface area contributed by atoms with E-state index in [1.807, 2.05) is 0 Å². The molecule has 0 heterocycles. The lowest BCUT2D eigenvalue weighted by Crippen LogP contribution is -2.36. The van der Waals surface area contributed by atoms with Crippen LogP contribution in [0.3, 0.4) is 0 Å². The molecule has 2 nitrogen and oxygen atoms in total. The predicted molar refractivity (Wildman–Crippen MR) is 57.2 cm³/mol. The molecule has 1 aromatic rings. The molecule has 3 N–H and O–H groups in total. The molecule has 2 atom stereocenters. The van der Waals surface area contributed by atoms with Gasteiger partial charge in [0.05, 0.1) is 0 Å². The van der Waals surface area contributed by atoms with E-state index >= 15 is 0 Å². The number of aliphatic hydroxyl groups is 1. The van der Waals surface area contributed by atoms with E-state index in [0.717, 1.165) is 0 Å². The highest BCUT2D eigenvalue weighted by Crippen LogP contribution is 2.28. The van der Waals surface area contributed by atoms with Gasteiger partial charge in [0, 0.05) is 6.54 Å². The van der Waals surface area contributed by atoms with Crippen LogP contribution in [0.5, 0.6) is 0 Å². The van der Waals surface area contributed by atoms with Gasteiger partial charge in [0.25, 0.3) is 0 Å². The van der Waals surface area contributed by atoms with Crippen LogP contribution in [0.1, 0.15) is 18.6 Å². The Labute approximate surface area is 93.5 Å². The maximum Gasteiger partial charge on any atom is 0.150 e. The van der Waals surface area contributed by atoms with E-state index in [-0.39, 0.29) is 19.0 Å². The smallest absolute Gasteiger partial charge is 0.150 e. The molecule has 0 spiro atoms. The van der Waals surface area contributed by atoms with Crippen LogP contribution in [-0.2, 0) is 0 Å². The van der Waals surface area contributed by atoms with Crippen LogP contribution in [0.15, 0.2) is 24.3 Å². The quantitative estimate of drug-likeness (QED) is 0.844. The van der Waals surface area contributed by atoms with Crippen molar-refractivity contribution < 1.29 is 13.9 Å². The number of hydrogen-bond donors (Lipinski definition) is 2. The molecule has 1 rings (SSSR count). The van der Waals surface area contributed by atoms with Crippen LogP contribution in [0, 0.1) is 5.82 Å². The molecule has 0 aliphatic rings. The second kappa shape index (κ2) is 5.39. The van der Waals surface area contributed by atoms with Crippen molar-refractivity contribution >= 4 is 12.4 Å². The molecule has 0 saturated heterocycles. The van der Waals surface area contributed by atoms with E-state index in [4.69, 9.17) is 5.73 Å². The minimum absolute atomic E-state index is 0. The monoisotopic (exact) mass is 237 g/mol. The zero-order valence-electron chi connectivity index (χ0n) is 8.28. The van der Waals surface area contributed by atoms with Crippen LogP contribution in [0.4, 0.5) is 8.78 Å². The van der Waals surface area contributed by atoms with Gasteiger partial charge >= 0.3 is 0 Å². The van der Waals surface area contributed by atoms with Gasteiger partial charge in [0.15, 0.2) is 0 Å². The Balaban J connectivity index is 0.00000196. The largest absolute Gasteiger partial charge is 0.385 e. The van der Waals surface area contributed by atoms with E-state index in [9.17, 15) is 13.9 Å². The van der Waals surface area contributed by atoms with Gasteiger partial charge in [-0.25, -0.2) is 8.78 Å². The van der Waals surface area contributed by atoms with Crippen molar-refractivity contribution in [3.8, 4) is 0 Å². The minimum Gasteiger partial charge on any atom is -0.385 e. The third-order valence-electron chi connectivity index (χ3n) is 2.16. The van der Waals surface area contributed by atoms with Gasteiger partial charge in [-0.2, -0.15) is 0 Å². The lowest BCUT2D eigenvalue weighted by atomic mass is 9.95. The normalized spacial score (nSPS) is 16.3. The van der Waals surface area contributed by atoms with E-state index < -0.39 is 17.6 Å². The van der Waals surface area contributed by atoms with Crippen LogP contribution in [0.25, 0.3) is 0 Å². The molecule has 1 aromatic carbocycles. The molecule has 2 unspecified atom stereocenters. The standard InChI is InChI=1S/C10H13F2NO.ClH/c1-10(12,6-13)9(14)7-2-4-8(11)5-3-7;/h2-5,9,14H,6,13H2,1H3;1H. The molecule has 0 fully saturated rings. The molecule has 15 heavy (non-hydrogen) atoms. The number of aliphatic hydroxyl groups excluding tert-OH is 1. The third kappa shape index (κ3) is 3.41. The number of hydrogen-bond acceptors (Lipinski definition) is 2. The lowest BCUT2D eigenvalue weighted by molar-refractivity contribution is 0.00899. The highest BCUT2D eigenvalue weighted by molar-refractivity contribution is 5.85. The zero-order chi connectivity index (χ0) is 10.8. The van der Waals surface area contributed by atoms with Crippen LogP contribution >= 0.6 is 12.4 Å². The molecule has 0 bridgehead atoms. The van der Waals surface area contributed by atoms with Gasteiger partial charge in [0.2, 0.25) is 0 Å². The van der Waals surface area contributed by atoms with Gasteiger partial charge in [-0.1, -0.05) is 12.1 Å². The van der Waals surface area contributed by atoms with Crippen molar-refractivity contribution in [3.63, 3.8) is 0 Å². The van der Waals surface area contributed by atoms with Crippen LogP contribution < -0.4 is 5.73 Å². The van der Waals surface area contributed by atoms with Gasteiger partial charge in [-0.3, -0.25) is 0 Å². The average molecular weight is 238 g/mol. The molecule has 0 radical (unpaired) electrons. The summed E-state index contributed by atoms with van der Waals surface area (Å²) >= 11 is 0. The molecule has 5 heteroatoms. The fourth-order valence-corrected chi connectivity index (χ4v) is 1.10. The second-order valence-electron chi connectivity index (χ2n) is 3.44. The highest BCUT2D eigenvalue weighted by Gasteiger charge is 2.32. The molecule has 0 aromatic heterocycles. The highest BCUT2D eigenvalue weighted by atomic mass is 35.5. The summed E-state index contributed by atoms with van der Waals surface area (Å²) < 4.78 is 26.1. The Kier molecular flexibility index (Phi) is 5.14. The third-order valence-corrected chi connectivity index (χ3v) is 2.16. The summed E-state index contributed by atoms with van der Waals surface area (Å²) in [7, 11) is 0. The van der Waals surface area contributed by atoms with E-state index in [1.54, 1.807) is 0 Å². The maximum absolute atomic E-state index is 13.5. The van der Waals surface area contributed by atoms with Gasteiger partial charge < -0.3 is 10.8 Å². The summed E-state index contributed by atoms with van der Waals surface area (Å²) in [5.74, 6) is -0.422. The Morgan fingerprint density at radius 3 is 2.27 bits per heavy atom. The van der Waals surface area contributed by atoms with Gasteiger partial charge in [-0.15, -0.1) is 12.4 Å². The number of halogens is 3. The number of nitrogens with two attached hydrogens (primary N) is 1. The SMILES string of the molecule is CC(F)(CN)C(O)c1ccc(F)cc1.Cl. The Hall–Kier alpha value is -0.710. The summed E-state index contributed by atoms with van der Waals surface area (Å²) in [6.07, 6.45) is -1.33. The lowest BCUT2D eigenvalue weighted by Gasteiger charge is -2.24. The van der Waals surface area contributed by atoms with Gasteiger partial charge in [-0.05, 0) is 24.6 Å². The van der Waals surface area contributed by atoms with E-state index in [2.05, 4.69) is 0 Å². The van der Waals surface area contributed by atoms with Crippen LogP contribution in [0.2, 0.25) is 0 Å². The maximum atomic E-state index is 13.5. The van der Waals surface area contributed by atoms with Crippen molar-refractivity contribution in [2.45, 2.75) is 18.7 Å². The van der Waals surface area contributed by atoms with Crippen molar-refractivity contribution in [2.75, 3.05) is 6.54 Å². The predicted octanol–water partition coefficient (Wildman–Crippen LogP) is 1.97. The van der Waals surface area contributed by atoms with Crippen molar-refractivity contribution in [2.24, 2.45) is 5.73 Å². The average Bonchev–Trinajstić information content (AvgIpc) is 2.18. The minimum atomic E-state index is -1.89. The molecular formula is C10H14ClF2NO. The summed E-state index contributed by atoms with van der Waals surface area (Å²) in [5, 5.41) is 9.56. The molecule has 0 aliphatic carbocycles. The Morgan fingerprint density at radius 1 is 1.40 bits per heavy atom. The number of benzene rings is 1. The van der Waals surface area contributed by atoms with Crippen molar-refractivity contribution in [1.29, 1.82) is 0 Å². The molecule has 86 valence electrons. The van der Waals surface area contributed by atoms with E-state index in [1.165, 1.54) is 31.2 Å². The number of rotatable bonds is 3. The summed E-state index contributed by atoms with van der Waals surface area (Å²) in [6.45, 7) is 0.923. The molecule has 0 saturated carbocycles. The summed E-state index contributed by atoms with van der Waals surface area (Å²) in [4.78, 5) is 0. The molecule has 0 aliphatic heterocycles. The topological polar surface area (TPSA) is 46.2 Å². The fourth-order valence-electron chi connectivity index (χ4n) is 1.10. The van der Waals surface area contributed by atoms with Gasteiger partial charge in [0.1, 0.15) is 17.6 Å². The molecular weight excluding hydrogens is 224 g/mol. The zero-order valence-corrected chi connectivity index (χ0v) is 9.10. The molecule has 0 amide bonds. The number of alkyl halides is 1. The first kappa shape index (κ1) is 14.3. The first-order valence-corrected chi connectivity index (χ1v) is 4.30. The van der Waals surface area contributed by atoms with Crippen LogP contribution in [-0.4, -0.2) is 17.3 Å². The van der Waals surface area contributed by atoms with Crippen molar-refractivity contribution in [1.82, 2.24) is 0 Å². The Bertz CT molecular complexity index is 303. The van der Waals surface area contributed by atoms with Crippen molar-refractivity contribution in [3.05, 3.63) is 35.6 Å². The summed E-state index contributed by atoms with van der Waals surface area (Å²) in [6, 6.07) is 5.03. The first-order chi connectivity index (χ1) is 6.47. The Morgan fingerprint density at radius 2 is 1.87 bits per heavy atom. The van der Waals surface area contributed by atoms with E-state index in [0.29, 0.717) is 5.56 Å². The first-order valence-electron chi connectivity index (χ1n) is 4.30. The second-order valence-corrected chi connectivity index (χ2v) is 3.44. The fraction of sp³-hybridized carbons (Fsp3) is 0.400. The summed E-state index contributed by atoms with van der Waals surface area (Å²) in [5.41, 5.74) is 3.60.